The number of nitrogens with zero attached hydrogens (tertiary/aromatic N) is 3. The van der Waals surface area contributed by atoms with Crippen LogP contribution in [0, 0.1) is 12.7 Å². The van der Waals surface area contributed by atoms with Gasteiger partial charge >= 0.3 is 0 Å². The monoisotopic (exact) mass is 374 g/mol. The molecule has 0 bridgehead atoms. The smallest absolute Gasteiger partial charge is 0.146 e. The number of aromatic nitrogens is 3. The van der Waals surface area contributed by atoms with Crippen LogP contribution in [0.1, 0.15) is 22.6 Å². The van der Waals surface area contributed by atoms with Gasteiger partial charge in [0.05, 0.1) is 16.7 Å². The Hall–Kier alpha value is -3.05. The van der Waals surface area contributed by atoms with Gasteiger partial charge in [-0.25, -0.2) is 9.37 Å². The summed E-state index contributed by atoms with van der Waals surface area (Å²) in [6.07, 6.45) is 2.40. The van der Waals surface area contributed by atoms with E-state index in [9.17, 15) is 4.39 Å². The van der Waals surface area contributed by atoms with Crippen LogP contribution in [0.3, 0.4) is 0 Å². The number of nitrogens with one attached hydrogen (secondary N) is 1. The van der Waals surface area contributed by atoms with E-state index < -0.39 is 0 Å². The average molecular weight is 374 g/mol. The lowest BCUT2D eigenvalue weighted by molar-refractivity contribution is 0.251. The van der Waals surface area contributed by atoms with Crippen LogP contribution in [0.15, 0.2) is 66.9 Å². The van der Waals surface area contributed by atoms with Crippen LogP contribution in [0.25, 0.3) is 11.0 Å². The molecule has 2 aromatic heterocycles. The summed E-state index contributed by atoms with van der Waals surface area (Å²) in [6.45, 7) is 4.03. The second-order valence-electron chi connectivity index (χ2n) is 7.08. The van der Waals surface area contributed by atoms with E-state index in [0.717, 1.165) is 36.4 Å². The number of imidazole rings is 1. The van der Waals surface area contributed by atoms with E-state index in [0.29, 0.717) is 12.2 Å². The summed E-state index contributed by atoms with van der Waals surface area (Å²) < 4.78 is 14.1. The van der Waals surface area contributed by atoms with E-state index in [1.807, 2.05) is 24.3 Å². The van der Waals surface area contributed by atoms with Gasteiger partial charge in [-0.1, -0.05) is 42.0 Å². The van der Waals surface area contributed by atoms with Crippen molar-refractivity contribution in [2.45, 2.75) is 26.4 Å². The molecule has 0 saturated heterocycles. The molecule has 4 rings (SSSR count). The molecule has 0 fully saturated rings. The van der Waals surface area contributed by atoms with Crippen molar-refractivity contribution in [3.8, 4) is 0 Å². The molecule has 4 nitrogen and oxygen atoms in total. The third-order valence-corrected chi connectivity index (χ3v) is 4.80. The van der Waals surface area contributed by atoms with Crippen LogP contribution in [0.2, 0.25) is 0 Å². The van der Waals surface area contributed by atoms with E-state index >= 15 is 0 Å². The molecule has 142 valence electrons. The minimum Gasteiger partial charge on any atom is -0.342 e. The lowest BCUT2D eigenvalue weighted by Gasteiger charge is -2.22. The second kappa shape index (κ2) is 8.31. The predicted molar refractivity (Wildman–Crippen MR) is 109 cm³/mol. The fourth-order valence-corrected chi connectivity index (χ4v) is 3.42. The van der Waals surface area contributed by atoms with Gasteiger partial charge in [0.25, 0.3) is 0 Å². The Bertz CT molecular complexity index is 1040. The molecular weight excluding hydrogens is 351 g/mol. The van der Waals surface area contributed by atoms with Crippen LogP contribution < -0.4 is 0 Å². The summed E-state index contributed by atoms with van der Waals surface area (Å²) in [5.74, 6) is 0.678. The van der Waals surface area contributed by atoms with Gasteiger partial charge in [0.15, 0.2) is 0 Å². The Morgan fingerprint density at radius 1 is 1.00 bits per heavy atom. The largest absolute Gasteiger partial charge is 0.342 e. The van der Waals surface area contributed by atoms with Gasteiger partial charge in [-0.15, -0.1) is 0 Å². The third kappa shape index (κ3) is 4.43. The van der Waals surface area contributed by atoms with Crippen molar-refractivity contribution in [1.29, 1.82) is 0 Å². The Morgan fingerprint density at radius 3 is 2.71 bits per heavy atom. The molecule has 5 heteroatoms. The van der Waals surface area contributed by atoms with Crippen LogP contribution in [-0.2, 0) is 19.5 Å². The number of halogens is 1. The number of aryl methyl sites for hydroxylation is 1. The highest BCUT2D eigenvalue weighted by Gasteiger charge is 2.13. The number of aromatic amines is 1. The topological polar surface area (TPSA) is 44.8 Å². The van der Waals surface area contributed by atoms with E-state index in [1.165, 1.54) is 17.2 Å². The van der Waals surface area contributed by atoms with Gasteiger partial charge in [0.2, 0.25) is 0 Å². The zero-order valence-corrected chi connectivity index (χ0v) is 15.9. The number of para-hydroxylation sites is 2. The summed E-state index contributed by atoms with van der Waals surface area (Å²) >= 11 is 0. The van der Waals surface area contributed by atoms with Gasteiger partial charge in [-0.05, 0) is 36.8 Å². The van der Waals surface area contributed by atoms with Crippen LogP contribution >= 0.6 is 0 Å². The molecule has 28 heavy (non-hydrogen) atoms. The number of hydrogen-bond acceptors (Lipinski definition) is 3. The third-order valence-electron chi connectivity index (χ3n) is 4.80. The second-order valence-corrected chi connectivity index (χ2v) is 7.08. The molecule has 4 aromatic rings. The summed E-state index contributed by atoms with van der Waals surface area (Å²) in [5.41, 5.74) is 4.91. The fourth-order valence-electron chi connectivity index (χ4n) is 3.42. The average Bonchev–Trinajstić information content (AvgIpc) is 3.11. The first-order valence-electron chi connectivity index (χ1n) is 9.48. The molecule has 0 unspecified atom stereocenters. The zero-order valence-electron chi connectivity index (χ0n) is 15.9. The quantitative estimate of drug-likeness (QED) is 0.512. The standard InChI is InChI=1S/C23H23FN4/c1-17-6-4-7-18(14-17)15-28(16-22-19(24)8-5-12-25-22)13-11-23-26-20-9-2-3-10-21(20)27-23/h2-10,12,14H,11,13,15-16H2,1H3,(H,26,27). The number of rotatable bonds is 7. The number of benzene rings is 2. The fraction of sp³-hybridized carbons (Fsp3) is 0.217. The van der Waals surface area contributed by atoms with Gasteiger partial charge < -0.3 is 4.98 Å². The summed E-state index contributed by atoms with van der Waals surface area (Å²) in [5, 5.41) is 0. The zero-order chi connectivity index (χ0) is 19.3. The summed E-state index contributed by atoms with van der Waals surface area (Å²) in [7, 11) is 0. The van der Waals surface area contributed by atoms with Gasteiger partial charge in [-0.3, -0.25) is 9.88 Å². The molecule has 2 heterocycles. The van der Waals surface area contributed by atoms with Crippen molar-refractivity contribution in [2.24, 2.45) is 0 Å². The van der Waals surface area contributed by atoms with E-state index in [-0.39, 0.29) is 5.82 Å². The van der Waals surface area contributed by atoms with Crippen molar-refractivity contribution in [3.05, 3.63) is 95.3 Å². The summed E-state index contributed by atoms with van der Waals surface area (Å²) in [4.78, 5) is 14.5. The Balaban J connectivity index is 1.52. The van der Waals surface area contributed by atoms with Crippen molar-refractivity contribution in [3.63, 3.8) is 0 Å². The van der Waals surface area contributed by atoms with Crippen molar-refractivity contribution >= 4 is 11.0 Å². The molecule has 1 N–H and O–H groups in total. The van der Waals surface area contributed by atoms with E-state index in [2.05, 4.69) is 51.0 Å². The minimum atomic E-state index is -0.263. The Morgan fingerprint density at radius 2 is 1.89 bits per heavy atom. The molecule has 0 spiro atoms. The number of fused-ring (bicyclic) bond motifs is 1. The highest BCUT2D eigenvalue weighted by molar-refractivity contribution is 5.74. The number of pyridine rings is 1. The maximum atomic E-state index is 14.1. The van der Waals surface area contributed by atoms with Crippen LogP contribution in [0.5, 0.6) is 0 Å². The van der Waals surface area contributed by atoms with Crippen LogP contribution in [0.4, 0.5) is 4.39 Å². The SMILES string of the molecule is Cc1cccc(CN(CCc2nc3ccccc3[nH]2)Cc2ncccc2F)c1. The Kier molecular flexibility index (Phi) is 5.44. The van der Waals surface area contributed by atoms with Crippen molar-refractivity contribution < 1.29 is 4.39 Å². The molecule has 2 aromatic carbocycles. The molecule has 0 aliphatic heterocycles. The normalized spacial score (nSPS) is 11.4. The molecule has 0 atom stereocenters. The van der Waals surface area contributed by atoms with Gasteiger partial charge in [0, 0.05) is 32.3 Å². The first-order valence-corrected chi connectivity index (χ1v) is 9.48. The number of hydrogen-bond donors (Lipinski definition) is 1. The highest BCUT2D eigenvalue weighted by Crippen LogP contribution is 2.15. The van der Waals surface area contributed by atoms with Crippen molar-refractivity contribution in [2.75, 3.05) is 6.54 Å². The molecule has 0 aliphatic carbocycles. The molecule has 0 radical (unpaired) electrons. The summed E-state index contributed by atoms with van der Waals surface area (Å²) in [6, 6.07) is 19.5. The van der Waals surface area contributed by atoms with Gasteiger partial charge in [-0.2, -0.15) is 0 Å². The van der Waals surface area contributed by atoms with E-state index in [4.69, 9.17) is 0 Å². The lowest BCUT2D eigenvalue weighted by atomic mass is 10.1. The molecule has 0 aliphatic rings. The minimum absolute atomic E-state index is 0.263. The molecular formula is C23H23FN4. The number of H-pyrrole nitrogens is 1. The van der Waals surface area contributed by atoms with Crippen molar-refractivity contribution in [1.82, 2.24) is 19.9 Å². The lowest BCUT2D eigenvalue weighted by Crippen LogP contribution is -2.26. The molecule has 0 amide bonds. The van der Waals surface area contributed by atoms with E-state index in [1.54, 1.807) is 12.3 Å². The first-order chi connectivity index (χ1) is 13.7. The molecule has 0 saturated carbocycles. The first kappa shape index (κ1) is 18.3. The highest BCUT2D eigenvalue weighted by atomic mass is 19.1. The maximum absolute atomic E-state index is 14.1. The predicted octanol–water partition coefficient (Wildman–Crippen LogP) is 4.65. The van der Waals surface area contributed by atoms with Gasteiger partial charge in [0.1, 0.15) is 11.6 Å². The van der Waals surface area contributed by atoms with Crippen LogP contribution in [-0.4, -0.2) is 26.4 Å². The maximum Gasteiger partial charge on any atom is 0.146 e. The Labute approximate surface area is 164 Å².